The normalized spacial score (nSPS) is 11.9. The fourth-order valence-corrected chi connectivity index (χ4v) is 2.00. The van der Waals surface area contributed by atoms with Gasteiger partial charge in [0.2, 0.25) is 5.91 Å². The summed E-state index contributed by atoms with van der Waals surface area (Å²) in [5, 5.41) is 5.78. The zero-order valence-corrected chi connectivity index (χ0v) is 12.7. The number of carbonyl (C=O) groups is 2. The van der Waals surface area contributed by atoms with Crippen molar-refractivity contribution < 1.29 is 18.7 Å². The summed E-state index contributed by atoms with van der Waals surface area (Å²) in [6.45, 7) is 0.620. The van der Waals surface area contributed by atoms with Gasteiger partial charge < -0.3 is 19.8 Å². The van der Waals surface area contributed by atoms with Crippen molar-refractivity contribution >= 4 is 11.9 Å². The van der Waals surface area contributed by atoms with Crippen molar-refractivity contribution in [1.82, 2.24) is 10.6 Å². The van der Waals surface area contributed by atoms with Gasteiger partial charge in [-0.3, -0.25) is 9.59 Å². The first-order valence-corrected chi connectivity index (χ1v) is 7.21. The van der Waals surface area contributed by atoms with Gasteiger partial charge in [-0.15, -0.1) is 0 Å². The van der Waals surface area contributed by atoms with Crippen LogP contribution in [0, 0.1) is 0 Å². The number of unbranched alkanes of at least 4 members (excludes halogenated alkanes) is 1. The van der Waals surface area contributed by atoms with Gasteiger partial charge in [0.05, 0.1) is 13.4 Å². The molecule has 2 N–H and O–H groups in total. The Labute approximate surface area is 125 Å². The van der Waals surface area contributed by atoms with Gasteiger partial charge in [-0.2, -0.15) is 0 Å². The second-order valence-corrected chi connectivity index (χ2v) is 4.79. The molecular weight excluding hydrogens is 272 g/mol. The smallest absolute Gasteiger partial charge is 0.322 e. The molecule has 0 fully saturated rings. The molecule has 1 rings (SSSR count). The van der Waals surface area contributed by atoms with Crippen LogP contribution < -0.4 is 10.6 Å². The summed E-state index contributed by atoms with van der Waals surface area (Å²) >= 11 is 0. The maximum absolute atomic E-state index is 11.6. The van der Waals surface area contributed by atoms with Gasteiger partial charge in [-0.05, 0) is 38.4 Å². The van der Waals surface area contributed by atoms with Crippen LogP contribution in [-0.4, -0.2) is 38.6 Å². The average molecular weight is 296 g/mol. The number of carbonyl (C=O) groups excluding carboxylic acids is 2. The molecule has 0 aliphatic heterocycles. The van der Waals surface area contributed by atoms with Gasteiger partial charge in [-0.25, -0.2) is 0 Å². The minimum Gasteiger partial charge on any atom is -0.469 e. The molecule has 118 valence electrons. The van der Waals surface area contributed by atoms with E-state index in [9.17, 15) is 9.59 Å². The number of hydrogen-bond donors (Lipinski definition) is 2. The SMILES string of the molecule is CNC(CCCCNC(=O)CCc1ccco1)C(=O)OC. The van der Waals surface area contributed by atoms with E-state index in [-0.39, 0.29) is 17.9 Å². The minimum absolute atomic E-state index is 0.0181. The molecule has 0 radical (unpaired) electrons. The zero-order valence-electron chi connectivity index (χ0n) is 12.7. The van der Waals surface area contributed by atoms with E-state index in [0.717, 1.165) is 18.6 Å². The largest absolute Gasteiger partial charge is 0.469 e. The topological polar surface area (TPSA) is 80.6 Å². The number of rotatable bonds is 10. The molecule has 0 saturated carbocycles. The van der Waals surface area contributed by atoms with Crippen molar-refractivity contribution in [2.24, 2.45) is 0 Å². The molecule has 0 saturated heterocycles. The number of methoxy groups -OCH3 is 1. The van der Waals surface area contributed by atoms with Crippen LogP contribution in [0.3, 0.4) is 0 Å². The number of nitrogens with one attached hydrogen (secondary N) is 2. The lowest BCUT2D eigenvalue weighted by atomic mass is 10.1. The summed E-state index contributed by atoms with van der Waals surface area (Å²) in [5.74, 6) is 0.588. The average Bonchev–Trinajstić information content (AvgIpc) is 3.01. The van der Waals surface area contributed by atoms with Crippen LogP contribution in [0.25, 0.3) is 0 Å². The first kappa shape index (κ1) is 17.2. The molecule has 1 aromatic rings. The van der Waals surface area contributed by atoms with Crippen LogP contribution >= 0.6 is 0 Å². The first-order valence-electron chi connectivity index (χ1n) is 7.21. The van der Waals surface area contributed by atoms with Crippen LogP contribution in [0.1, 0.15) is 31.4 Å². The van der Waals surface area contributed by atoms with Crippen LogP contribution in [0.2, 0.25) is 0 Å². The van der Waals surface area contributed by atoms with Crippen molar-refractivity contribution in [3.8, 4) is 0 Å². The highest BCUT2D eigenvalue weighted by molar-refractivity contribution is 5.76. The summed E-state index contributed by atoms with van der Waals surface area (Å²) < 4.78 is 9.85. The van der Waals surface area contributed by atoms with Gasteiger partial charge in [0, 0.05) is 19.4 Å². The molecule has 1 amide bonds. The first-order chi connectivity index (χ1) is 10.2. The van der Waals surface area contributed by atoms with Crippen molar-refractivity contribution in [2.45, 2.75) is 38.1 Å². The number of esters is 1. The molecule has 1 heterocycles. The molecule has 0 aromatic carbocycles. The fourth-order valence-electron chi connectivity index (χ4n) is 2.00. The molecule has 0 bridgehead atoms. The molecule has 6 heteroatoms. The molecule has 21 heavy (non-hydrogen) atoms. The van der Waals surface area contributed by atoms with Crippen LogP contribution in [0.15, 0.2) is 22.8 Å². The third-order valence-electron chi connectivity index (χ3n) is 3.25. The number of ether oxygens (including phenoxy) is 1. The molecule has 0 spiro atoms. The highest BCUT2D eigenvalue weighted by Gasteiger charge is 2.15. The lowest BCUT2D eigenvalue weighted by Crippen LogP contribution is -2.35. The molecule has 6 nitrogen and oxygen atoms in total. The summed E-state index contributed by atoms with van der Waals surface area (Å²) in [5.41, 5.74) is 0. The predicted molar refractivity (Wildman–Crippen MR) is 78.8 cm³/mol. The Morgan fingerprint density at radius 1 is 1.38 bits per heavy atom. The summed E-state index contributed by atoms with van der Waals surface area (Å²) in [7, 11) is 3.11. The minimum atomic E-state index is -0.273. The number of hydrogen-bond acceptors (Lipinski definition) is 5. The maximum Gasteiger partial charge on any atom is 0.322 e. The Bertz CT molecular complexity index is 417. The van der Waals surface area contributed by atoms with E-state index in [1.54, 1.807) is 13.3 Å². The van der Waals surface area contributed by atoms with E-state index in [2.05, 4.69) is 15.4 Å². The van der Waals surface area contributed by atoms with Gasteiger partial charge >= 0.3 is 5.97 Å². The maximum atomic E-state index is 11.6. The van der Waals surface area contributed by atoms with Crippen molar-refractivity contribution in [3.05, 3.63) is 24.2 Å². The molecule has 1 unspecified atom stereocenters. The van der Waals surface area contributed by atoms with Crippen LogP contribution in [0.4, 0.5) is 0 Å². The Morgan fingerprint density at radius 2 is 2.19 bits per heavy atom. The quantitative estimate of drug-likeness (QED) is 0.502. The lowest BCUT2D eigenvalue weighted by molar-refractivity contribution is -0.143. The van der Waals surface area contributed by atoms with Gasteiger partial charge in [0.15, 0.2) is 0 Å². The monoisotopic (exact) mass is 296 g/mol. The highest BCUT2D eigenvalue weighted by Crippen LogP contribution is 2.04. The molecule has 1 aromatic heterocycles. The van der Waals surface area contributed by atoms with E-state index in [1.165, 1.54) is 7.11 Å². The third-order valence-corrected chi connectivity index (χ3v) is 3.25. The number of likely N-dealkylation sites (N-methyl/N-ethyl adjacent to an activating group) is 1. The van der Waals surface area contributed by atoms with Gasteiger partial charge in [0.25, 0.3) is 0 Å². The van der Waals surface area contributed by atoms with E-state index in [4.69, 9.17) is 4.42 Å². The van der Waals surface area contributed by atoms with E-state index >= 15 is 0 Å². The third kappa shape index (κ3) is 6.94. The van der Waals surface area contributed by atoms with E-state index in [1.807, 2.05) is 12.1 Å². The molecule has 0 aliphatic carbocycles. The summed E-state index contributed by atoms with van der Waals surface area (Å²) in [6.07, 6.45) is 5.02. The second-order valence-electron chi connectivity index (χ2n) is 4.79. The Hall–Kier alpha value is -1.82. The Morgan fingerprint density at radius 3 is 2.81 bits per heavy atom. The van der Waals surface area contributed by atoms with E-state index in [0.29, 0.717) is 25.8 Å². The van der Waals surface area contributed by atoms with Crippen LogP contribution in [0.5, 0.6) is 0 Å². The predicted octanol–water partition coefficient (Wildman–Crippen LogP) is 1.26. The number of aryl methyl sites for hydroxylation is 1. The zero-order chi connectivity index (χ0) is 15.5. The number of furan rings is 1. The van der Waals surface area contributed by atoms with Crippen molar-refractivity contribution in [2.75, 3.05) is 20.7 Å². The standard InChI is InChI=1S/C15H24N2O4/c1-16-13(15(19)20-2)7-3-4-10-17-14(18)9-8-12-6-5-11-21-12/h5-6,11,13,16H,3-4,7-10H2,1-2H3,(H,17,18). The summed E-state index contributed by atoms with van der Waals surface area (Å²) in [4.78, 5) is 23.0. The Balaban J connectivity index is 2.05. The molecule has 1 atom stereocenters. The Kier molecular flexibility index (Phi) is 8.19. The summed E-state index contributed by atoms with van der Waals surface area (Å²) in [6, 6.07) is 3.40. The molecular formula is C15H24N2O4. The van der Waals surface area contributed by atoms with Gasteiger partial charge in [-0.1, -0.05) is 0 Å². The van der Waals surface area contributed by atoms with Crippen molar-refractivity contribution in [1.29, 1.82) is 0 Å². The fraction of sp³-hybridized carbons (Fsp3) is 0.600. The second kappa shape index (κ2) is 9.99. The molecule has 0 aliphatic rings. The lowest BCUT2D eigenvalue weighted by Gasteiger charge is -2.13. The van der Waals surface area contributed by atoms with Crippen molar-refractivity contribution in [3.63, 3.8) is 0 Å². The van der Waals surface area contributed by atoms with E-state index < -0.39 is 0 Å². The van der Waals surface area contributed by atoms with Crippen LogP contribution in [-0.2, 0) is 20.7 Å². The van der Waals surface area contributed by atoms with Gasteiger partial charge in [0.1, 0.15) is 11.8 Å². The number of amides is 1. The highest BCUT2D eigenvalue weighted by atomic mass is 16.5.